The van der Waals surface area contributed by atoms with Crippen LogP contribution in [0.3, 0.4) is 0 Å². The molecule has 2 rings (SSSR count). The summed E-state index contributed by atoms with van der Waals surface area (Å²) in [6.07, 6.45) is 4.02. The van der Waals surface area contributed by atoms with Crippen LogP contribution in [0.5, 0.6) is 0 Å². The smallest absolute Gasteiger partial charge is 0.0973 e. The first-order valence-corrected chi connectivity index (χ1v) is 5.73. The van der Waals surface area contributed by atoms with Crippen molar-refractivity contribution in [3.63, 3.8) is 0 Å². The van der Waals surface area contributed by atoms with Crippen molar-refractivity contribution in [3.05, 3.63) is 35.9 Å². The van der Waals surface area contributed by atoms with Gasteiger partial charge in [-0.2, -0.15) is 0 Å². The lowest BCUT2D eigenvalue weighted by Crippen LogP contribution is -2.39. The van der Waals surface area contributed by atoms with Crippen LogP contribution >= 0.6 is 0 Å². The third-order valence-corrected chi connectivity index (χ3v) is 3.10. The maximum absolute atomic E-state index is 5.61. The molecule has 1 saturated heterocycles. The molecule has 1 aromatic rings. The van der Waals surface area contributed by atoms with E-state index in [4.69, 9.17) is 4.74 Å². The van der Waals surface area contributed by atoms with Crippen LogP contribution in [-0.2, 0) is 4.74 Å². The molecule has 0 bridgehead atoms. The van der Waals surface area contributed by atoms with Gasteiger partial charge in [-0.05, 0) is 24.9 Å². The Morgan fingerprint density at radius 2 is 2.07 bits per heavy atom. The number of piperidine rings is 1. The van der Waals surface area contributed by atoms with Crippen LogP contribution in [0, 0.1) is 0 Å². The molecule has 2 unspecified atom stereocenters. The molecular formula is C13H19NO. The standard InChI is InChI=1S/C13H19NO/c1-15-13(11-7-3-2-4-8-11)12-9-5-6-10-14-12/h2-4,7-8,12-14H,5-6,9-10H2,1H3. The molecule has 0 aliphatic carbocycles. The molecule has 2 nitrogen and oxygen atoms in total. The van der Waals surface area contributed by atoms with Gasteiger partial charge in [-0.3, -0.25) is 0 Å². The molecule has 1 heterocycles. The van der Waals surface area contributed by atoms with Crippen molar-refractivity contribution in [3.8, 4) is 0 Å². The van der Waals surface area contributed by atoms with Crippen LogP contribution in [0.2, 0.25) is 0 Å². The molecule has 1 aliphatic heterocycles. The number of ether oxygens (including phenoxy) is 1. The van der Waals surface area contributed by atoms with Crippen LogP contribution in [0.4, 0.5) is 0 Å². The minimum Gasteiger partial charge on any atom is -0.375 e. The summed E-state index contributed by atoms with van der Waals surface area (Å²) < 4.78 is 5.61. The SMILES string of the molecule is COC(c1ccccc1)C1CCCCN1. The average molecular weight is 205 g/mol. The Morgan fingerprint density at radius 1 is 1.27 bits per heavy atom. The van der Waals surface area contributed by atoms with Gasteiger partial charge in [0.25, 0.3) is 0 Å². The maximum Gasteiger partial charge on any atom is 0.0973 e. The van der Waals surface area contributed by atoms with Crippen LogP contribution < -0.4 is 5.32 Å². The third-order valence-electron chi connectivity index (χ3n) is 3.10. The number of hydrogen-bond donors (Lipinski definition) is 1. The summed E-state index contributed by atoms with van der Waals surface area (Å²) in [7, 11) is 1.80. The van der Waals surface area contributed by atoms with Crippen LogP contribution in [-0.4, -0.2) is 19.7 Å². The van der Waals surface area contributed by atoms with Gasteiger partial charge in [0.1, 0.15) is 0 Å². The van der Waals surface area contributed by atoms with Gasteiger partial charge in [-0.1, -0.05) is 36.8 Å². The molecule has 82 valence electrons. The van der Waals surface area contributed by atoms with Crippen molar-refractivity contribution >= 4 is 0 Å². The molecule has 2 atom stereocenters. The van der Waals surface area contributed by atoms with Crippen molar-refractivity contribution in [2.45, 2.75) is 31.4 Å². The van der Waals surface area contributed by atoms with Crippen molar-refractivity contribution in [2.75, 3.05) is 13.7 Å². The highest BCUT2D eigenvalue weighted by Gasteiger charge is 2.23. The Morgan fingerprint density at radius 3 is 2.67 bits per heavy atom. The lowest BCUT2D eigenvalue weighted by Gasteiger charge is -2.30. The first-order chi connectivity index (χ1) is 7.42. The molecule has 1 N–H and O–H groups in total. The van der Waals surface area contributed by atoms with E-state index in [1.54, 1.807) is 7.11 Å². The number of benzene rings is 1. The maximum atomic E-state index is 5.61. The molecule has 1 fully saturated rings. The van der Waals surface area contributed by atoms with Gasteiger partial charge in [-0.15, -0.1) is 0 Å². The topological polar surface area (TPSA) is 21.3 Å². The van der Waals surface area contributed by atoms with E-state index < -0.39 is 0 Å². The fourth-order valence-corrected chi connectivity index (χ4v) is 2.31. The highest BCUT2D eigenvalue weighted by Crippen LogP contribution is 2.25. The van der Waals surface area contributed by atoms with Gasteiger partial charge < -0.3 is 10.1 Å². The van der Waals surface area contributed by atoms with Gasteiger partial charge in [0.05, 0.1) is 6.10 Å². The second kappa shape index (κ2) is 5.29. The predicted octanol–water partition coefficient (Wildman–Crippen LogP) is 2.52. The Hall–Kier alpha value is -0.860. The van der Waals surface area contributed by atoms with Gasteiger partial charge in [0, 0.05) is 13.2 Å². The van der Waals surface area contributed by atoms with Crippen molar-refractivity contribution in [2.24, 2.45) is 0 Å². The van der Waals surface area contributed by atoms with E-state index in [1.165, 1.54) is 24.8 Å². The van der Waals surface area contributed by atoms with E-state index in [0.717, 1.165) is 6.54 Å². The monoisotopic (exact) mass is 205 g/mol. The van der Waals surface area contributed by atoms with Gasteiger partial charge in [0.15, 0.2) is 0 Å². The molecule has 0 amide bonds. The highest BCUT2D eigenvalue weighted by molar-refractivity contribution is 5.19. The van der Waals surface area contributed by atoms with E-state index in [-0.39, 0.29) is 6.10 Å². The van der Waals surface area contributed by atoms with Crippen molar-refractivity contribution < 1.29 is 4.74 Å². The zero-order valence-electron chi connectivity index (χ0n) is 9.28. The zero-order chi connectivity index (χ0) is 10.5. The van der Waals surface area contributed by atoms with E-state index in [1.807, 2.05) is 6.07 Å². The Bertz CT molecular complexity index is 280. The minimum atomic E-state index is 0.200. The summed E-state index contributed by atoms with van der Waals surface area (Å²) in [6, 6.07) is 11.0. The van der Waals surface area contributed by atoms with Crippen molar-refractivity contribution in [1.82, 2.24) is 5.32 Å². The third kappa shape index (κ3) is 2.58. The lowest BCUT2D eigenvalue weighted by molar-refractivity contribution is 0.0586. The number of rotatable bonds is 3. The molecule has 2 heteroatoms. The molecule has 1 aromatic carbocycles. The molecule has 15 heavy (non-hydrogen) atoms. The Kier molecular flexibility index (Phi) is 3.75. The Labute approximate surface area is 91.6 Å². The predicted molar refractivity (Wildman–Crippen MR) is 61.8 cm³/mol. The normalized spacial score (nSPS) is 23.7. The summed E-state index contributed by atoms with van der Waals surface area (Å²) in [5.74, 6) is 0. The van der Waals surface area contributed by atoms with Crippen molar-refractivity contribution in [1.29, 1.82) is 0 Å². The Balaban J connectivity index is 2.09. The second-order valence-electron chi connectivity index (χ2n) is 4.12. The lowest BCUT2D eigenvalue weighted by atomic mass is 9.95. The van der Waals surface area contributed by atoms with Crippen LogP contribution in [0.15, 0.2) is 30.3 Å². The fraction of sp³-hybridized carbons (Fsp3) is 0.538. The van der Waals surface area contributed by atoms with Crippen LogP contribution in [0.25, 0.3) is 0 Å². The summed E-state index contributed by atoms with van der Waals surface area (Å²) in [5.41, 5.74) is 1.28. The van der Waals surface area contributed by atoms with Gasteiger partial charge in [0.2, 0.25) is 0 Å². The second-order valence-corrected chi connectivity index (χ2v) is 4.12. The van der Waals surface area contributed by atoms with E-state index in [2.05, 4.69) is 29.6 Å². The van der Waals surface area contributed by atoms with E-state index in [0.29, 0.717) is 6.04 Å². The highest BCUT2D eigenvalue weighted by atomic mass is 16.5. The summed E-state index contributed by atoms with van der Waals surface area (Å²) in [6.45, 7) is 1.12. The summed E-state index contributed by atoms with van der Waals surface area (Å²) in [4.78, 5) is 0. The largest absolute Gasteiger partial charge is 0.375 e. The number of hydrogen-bond acceptors (Lipinski definition) is 2. The van der Waals surface area contributed by atoms with E-state index >= 15 is 0 Å². The molecule has 0 radical (unpaired) electrons. The van der Waals surface area contributed by atoms with E-state index in [9.17, 15) is 0 Å². The molecular weight excluding hydrogens is 186 g/mol. The number of methoxy groups -OCH3 is 1. The average Bonchev–Trinajstić information content (AvgIpc) is 2.33. The fourth-order valence-electron chi connectivity index (χ4n) is 2.31. The first kappa shape index (κ1) is 10.7. The van der Waals surface area contributed by atoms with Gasteiger partial charge in [-0.25, -0.2) is 0 Å². The molecule has 1 aliphatic rings. The molecule has 0 aromatic heterocycles. The molecule has 0 spiro atoms. The quantitative estimate of drug-likeness (QED) is 0.818. The number of nitrogens with one attached hydrogen (secondary N) is 1. The zero-order valence-corrected chi connectivity index (χ0v) is 9.28. The summed E-state index contributed by atoms with van der Waals surface area (Å²) >= 11 is 0. The van der Waals surface area contributed by atoms with Crippen LogP contribution in [0.1, 0.15) is 30.9 Å². The minimum absolute atomic E-state index is 0.200. The summed E-state index contributed by atoms with van der Waals surface area (Å²) in [5, 5.41) is 3.54. The first-order valence-electron chi connectivity index (χ1n) is 5.73. The van der Waals surface area contributed by atoms with Gasteiger partial charge >= 0.3 is 0 Å². The molecule has 0 saturated carbocycles.